The number of guanidine groups is 2. The van der Waals surface area contributed by atoms with E-state index in [1.54, 1.807) is 41.5 Å². The van der Waals surface area contributed by atoms with Gasteiger partial charge in [-0.1, -0.05) is 61.8 Å². The van der Waals surface area contributed by atoms with Crippen LogP contribution in [0.2, 0.25) is 0 Å². The summed E-state index contributed by atoms with van der Waals surface area (Å²) in [5, 5.41) is 88.6. The van der Waals surface area contributed by atoms with Gasteiger partial charge in [0.15, 0.2) is 11.9 Å². The number of H-pyrrole nitrogens is 2. The minimum absolute atomic E-state index is 0.00677. The van der Waals surface area contributed by atoms with Gasteiger partial charge in [0.1, 0.15) is 96.2 Å². The molecule has 2 aromatic rings. The lowest BCUT2D eigenvalue weighted by Crippen LogP contribution is -2.64. The van der Waals surface area contributed by atoms with E-state index in [1.807, 2.05) is 0 Å². The molecule has 0 aromatic carbocycles. The highest BCUT2D eigenvalue weighted by atomic mass is 32.2. The normalized spacial score (nSPS) is 26.0. The Bertz CT molecular complexity index is 4970. The lowest BCUT2D eigenvalue weighted by Gasteiger charge is -2.42. The van der Waals surface area contributed by atoms with Gasteiger partial charge in [0.25, 0.3) is 5.91 Å². The topological polar surface area (TPSA) is 858 Å². The van der Waals surface area contributed by atoms with Gasteiger partial charge in [0.2, 0.25) is 112 Å². The number of aliphatic carboxylic acids is 1. The molecule has 20 amide bonds. The Morgan fingerprint density at radius 1 is 0.517 bits per heavy atom. The summed E-state index contributed by atoms with van der Waals surface area (Å²) in [5.74, 6) is -26.4. The number of hydrazine groups is 1. The van der Waals surface area contributed by atoms with Gasteiger partial charge in [-0.25, -0.2) is 15.4 Å². The molecule has 4 fully saturated rings. The van der Waals surface area contributed by atoms with E-state index in [0.29, 0.717) is 0 Å². The number of carboxylic acid groups (broad SMARTS) is 1. The second-order valence-electron chi connectivity index (χ2n) is 38.1. The summed E-state index contributed by atoms with van der Waals surface area (Å²) in [4.78, 5) is 324. The smallest absolute Gasteiger partial charge is 0.305 e. The molecule has 4 aliphatic heterocycles. The molecule has 6 heterocycles. The van der Waals surface area contributed by atoms with Gasteiger partial charge in [-0.05, 0) is 95.8 Å². The Morgan fingerprint density at radius 2 is 0.953 bits per heavy atom. The maximum Gasteiger partial charge on any atom is 0.305 e. The van der Waals surface area contributed by atoms with Gasteiger partial charge in [0.05, 0.1) is 69.7 Å². The average molecular weight is 2160 g/mol. The van der Waals surface area contributed by atoms with E-state index >= 15 is 28.8 Å². The van der Waals surface area contributed by atoms with Crippen molar-refractivity contribution in [2.24, 2.45) is 46.6 Å². The van der Waals surface area contributed by atoms with Gasteiger partial charge in [-0.15, -0.1) is 0 Å². The molecule has 4 bridgehead atoms. The summed E-state index contributed by atoms with van der Waals surface area (Å²) < 4.78 is 0. The molecule has 0 spiro atoms. The minimum Gasteiger partial charge on any atom is -0.481 e. The lowest BCUT2D eigenvalue weighted by atomic mass is 9.94. The summed E-state index contributed by atoms with van der Waals surface area (Å²) in [7, 11) is 0. The average Bonchev–Trinajstić information content (AvgIpc) is 1.69. The number of aliphatic hydroxyl groups excluding tert-OH is 2. The number of hydrogen-bond acceptors (Lipinski definition) is 32. The van der Waals surface area contributed by atoms with Crippen molar-refractivity contribution in [3.8, 4) is 0 Å². The van der Waals surface area contributed by atoms with Gasteiger partial charge < -0.3 is 153 Å². The number of carbonyl (C=O) groups is 21. The predicted molar refractivity (Wildman–Crippen MR) is 543 cm³/mol. The van der Waals surface area contributed by atoms with E-state index in [9.17, 15) is 87.2 Å². The van der Waals surface area contributed by atoms with Crippen LogP contribution in [0, 0.1) is 34.5 Å². The van der Waals surface area contributed by atoms with Crippen LogP contribution in [0.1, 0.15) is 171 Å². The van der Waals surface area contributed by atoms with Crippen molar-refractivity contribution in [2.45, 2.75) is 275 Å². The number of amides is 20. The molecule has 0 radical (unpaired) electrons. The zero-order chi connectivity index (χ0) is 111. The van der Waals surface area contributed by atoms with Crippen LogP contribution in [0.15, 0.2) is 25.0 Å². The summed E-state index contributed by atoms with van der Waals surface area (Å²) in [6.45, 7) is 13.2. The molecule has 0 saturated carbocycles. The number of carboxylic acids is 1. The lowest BCUT2D eigenvalue weighted by molar-refractivity contribution is -0.158. The Morgan fingerprint density at radius 3 is 1.45 bits per heavy atom. The van der Waals surface area contributed by atoms with Crippen LogP contribution >= 0.6 is 35.3 Å². The quantitative estimate of drug-likeness (QED) is 0.0214. The molecular formula is C90H148N32O24S3. The number of carbonyl (C=O) groups excluding carboxylic acids is 20. The molecular weight excluding hydrogens is 2010 g/mol. The molecule has 33 N–H and O–H groups in total. The molecule has 59 heteroatoms. The number of imidazole rings is 2. The summed E-state index contributed by atoms with van der Waals surface area (Å²) in [6.07, 6.45) is 1.61. The standard InChI is InChI=1S/C90H148N32O24S3/c1-12-48(8)70-85(144)108-57(31-52-34-98-41-102-52)77(136)112-62(81(140)103-50(10)71(92)130)37-147-25-18-65(125)119-42-120-44-121(43-119)67(127)20-27-149-39-64(113-76(135)56(30-51-33-97-40-101-51)106-79(138)60(35-123)110-73(132)53(16-13-22-99-88(93)94)104-84(143)69(47(6)7)115-82(141)63(111-72(131)49(9)91)38-148-26-19-66(120)126)83(142)118-117-61(36-124)80(139)107-58(32-68(128)129)78(137)105-55(28-45(2)3)75(134)109-59(29-46(4)5)86(145)122-24-15-21-90(122,11)87(146)114-54(74(133)116-70)17-14-23-100-89(95)96/h33-34,40-41,45-50,53-64,69-70,117,123-124H,12-32,35-39,42-44,91H2,1-11H3,(H2,92,130)(H,97,101)(H,98,102)(H,103,140)(H,104,143)(H,105,137)(H,106,138)(H,107,139)(H,108,144)(H,109,134)(H,110,132)(H,111,131)(H,112,136)(H,113,135)(H,114,146)(H,115,141)(H,116,133)(H,118,142)(H,128,129)(H4,93,94,99)(H4,95,96,100)/t48-,49-,50-,53-,54-,55-,56-,57-,58+,59-,60-,61-,62-,63-,64-,69-,70-,90-/m0/s1. The van der Waals surface area contributed by atoms with Crippen molar-refractivity contribution in [2.75, 3.05) is 87.4 Å². The molecule has 0 aliphatic carbocycles. The number of aromatic amines is 2. The van der Waals surface area contributed by atoms with Crippen LogP contribution in [-0.2, 0) is 114 Å². The van der Waals surface area contributed by atoms with Gasteiger partial charge in [-0.3, -0.25) is 117 Å². The van der Waals surface area contributed by atoms with Crippen LogP contribution in [0.5, 0.6) is 0 Å². The molecule has 56 nitrogen and oxygen atoms in total. The van der Waals surface area contributed by atoms with E-state index in [-0.39, 0.29) is 136 Å². The number of fused-ring (bicyclic) bond motifs is 8. The van der Waals surface area contributed by atoms with Crippen molar-refractivity contribution < 1.29 is 116 Å². The number of rotatable bonds is 28. The largest absolute Gasteiger partial charge is 0.481 e. The predicted octanol–water partition coefficient (Wildman–Crippen LogP) is -9.52. The van der Waals surface area contributed by atoms with E-state index in [2.05, 4.69) is 116 Å². The highest BCUT2D eigenvalue weighted by molar-refractivity contribution is 7.99. The van der Waals surface area contributed by atoms with Crippen LogP contribution < -0.4 is 119 Å². The highest BCUT2D eigenvalue weighted by Gasteiger charge is 2.50. The Balaban J connectivity index is 1.51. The number of primary amides is 1. The molecule has 0 unspecified atom stereocenters. The van der Waals surface area contributed by atoms with Gasteiger partial charge in [-0.2, -0.15) is 35.3 Å². The van der Waals surface area contributed by atoms with Gasteiger partial charge >= 0.3 is 5.97 Å². The Labute approximate surface area is 874 Å². The number of nitrogens with one attached hydrogen (secondary N) is 22. The molecule has 4 aliphatic rings. The van der Waals surface area contributed by atoms with Crippen LogP contribution in [0.4, 0.5) is 0 Å². The maximum atomic E-state index is 15.3. The second kappa shape index (κ2) is 61.6. The first-order chi connectivity index (χ1) is 70.4. The number of hydrogen-bond donors (Lipinski definition) is 29. The maximum absolute atomic E-state index is 15.3. The number of nitrogens with zero attached hydrogens (tertiary/aromatic N) is 6. The number of aliphatic hydroxyl groups is 2. The first kappa shape index (κ1) is 124. The fraction of sp³-hybridized carbons (Fsp3) is 0.678. The van der Waals surface area contributed by atoms with Crippen LogP contribution in [0.3, 0.4) is 0 Å². The Kier molecular flexibility index (Phi) is 51.4. The third-order valence-corrected chi connectivity index (χ3v) is 27.8. The van der Waals surface area contributed by atoms with Gasteiger partial charge in [0, 0.05) is 98.6 Å². The van der Waals surface area contributed by atoms with E-state index < -0.39 is 321 Å². The van der Waals surface area contributed by atoms with Crippen molar-refractivity contribution >= 4 is 171 Å². The molecule has 2 aromatic heterocycles. The molecule has 830 valence electrons. The van der Waals surface area contributed by atoms with Crippen molar-refractivity contribution in [3.63, 3.8) is 0 Å². The minimum atomic E-state index is -2.09. The number of nitrogens with two attached hydrogens (primary N) is 4. The SMILES string of the molecule is CC[C@H](C)[C@@H]1NC(=O)[C@H](CCCNC(=N)N)NC(=O)[C@]2(C)CCCN2C(=O)[C@H](CC(C)C)NC(=O)[C@H](CC(C)C)NC(=O)[C@@H](CC(=O)O)NC(=O)[C@H](CO)NNC(=O)[C@@H]2CSCCC(=O)N3CN(CN(C3)C(=O)CCSC[C@@H](C(=O)N[C@@H](C)C(N)=O)NC(=O)[C@H](Cc3c[nH]cn3)NC1=O)C(=O)CCSC[C@H](NC(=O)[C@H](C)N)C(=O)N[C@@H](C(C)C)C(=O)N[C@@H](CCCNC(=N)N)C(=O)N[C@@H](CO)C(=O)N[C@@H](Cc1c[nH]cn1)C(=O)N2. The zero-order valence-electron chi connectivity index (χ0n) is 85.5. The first-order valence-corrected chi connectivity index (χ1v) is 52.6. The van der Waals surface area contributed by atoms with Crippen molar-refractivity contribution in [3.05, 3.63) is 36.4 Å². The fourth-order valence-corrected chi connectivity index (χ4v) is 18.8. The van der Waals surface area contributed by atoms with Crippen molar-refractivity contribution in [1.29, 1.82) is 10.8 Å². The first-order valence-electron chi connectivity index (χ1n) is 49.2. The number of aromatic nitrogens is 4. The Hall–Kier alpha value is -13.3. The summed E-state index contributed by atoms with van der Waals surface area (Å²) in [6, 6.07) is -26.2. The summed E-state index contributed by atoms with van der Waals surface area (Å²) in [5.41, 5.74) is 25.8. The van der Waals surface area contributed by atoms with E-state index in [0.717, 1.165) is 50.0 Å². The fourth-order valence-electron chi connectivity index (χ4n) is 15.9. The summed E-state index contributed by atoms with van der Waals surface area (Å²) >= 11 is 2.74. The molecule has 18 atom stereocenters. The molecule has 6 rings (SSSR count). The number of thioether (sulfide) groups is 3. The second-order valence-corrected chi connectivity index (χ2v) is 41.6. The third kappa shape index (κ3) is 40.6. The van der Waals surface area contributed by atoms with Crippen LogP contribution in [0.25, 0.3) is 0 Å². The third-order valence-electron chi connectivity index (χ3n) is 24.6. The molecule has 4 saturated heterocycles. The van der Waals surface area contributed by atoms with Crippen molar-refractivity contribution in [1.82, 2.24) is 135 Å². The highest BCUT2D eigenvalue weighted by Crippen LogP contribution is 2.32. The van der Waals surface area contributed by atoms with Crippen LogP contribution in [-0.4, -0.2) is 380 Å². The molecule has 149 heavy (non-hydrogen) atoms. The van der Waals surface area contributed by atoms with E-state index in [4.69, 9.17) is 33.8 Å². The van der Waals surface area contributed by atoms with E-state index in [1.165, 1.54) is 64.6 Å². The monoisotopic (exact) mass is 2160 g/mol. The zero-order valence-corrected chi connectivity index (χ0v) is 87.9.